The average molecular weight is 363 g/mol. The highest BCUT2D eigenvalue weighted by Gasteiger charge is 2.48. The van der Waals surface area contributed by atoms with Gasteiger partial charge in [0.25, 0.3) is 0 Å². The summed E-state index contributed by atoms with van der Waals surface area (Å²) in [6.45, 7) is 12.9. The van der Waals surface area contributed by atoms with Crippen LogP contribution in [0.1, 0.15) is 59.4 Å². The predicted molar refractivity (Wildman–Crippen MR) is 103 cm³/mol. The van der Waals surface area contributed by atoms with Crippen LogP contribution in [0.4, 0.5) is 0 Å². The Labute approximate surface area is 157 Å². The Morgan fingerprint density at radius 1 is 1.38 bits per heavy atom. The van der Waals surface area contributed by atoms with Crippen LogP contribution in [0, 0.1) is 5.41 Å². The zero-order valence-corrected chi connectivity index (χ0v) is 17.1. The lowest BCUT2D eigenvalue weighted by Crippen LogP contribution is -2.38. The molecule has 1 aliphatic heterocycles. The first-order valence-electron chi connectivity index (χ1n) is 9.34. The second-order valence-corrected chi connectivity index (χ2v) is 8.49. The molecule has 1 amide bonds. The maximum Gasteiger partial charge on any atom is 0.222 e. The van der Waals surface area contributed by atoms with E-state index in [0.29, 0.717) is 31.0 Å². The first-order valence-corrected chi connectivity index (χ1v) is 9.34. The third-order valence-corrected chi connectivity index (χ3v) is 5.35. The zero-order valence-electron chi connectivity index (χ0n) is 17.1. The van der Waals surface area contributed by atoms with Crippen LogP contribution < -0.4 is 9.47 Å². The predicted octanol–water partition coefficient (Wildman–Crippen LogP) is 3.60. The van der Waals surface area contributed by atoms with Crippen LogP contribution in [0.15, 0.2) is 18.2 Å². The van der Waals surface area contributed by atoms with Gasteiger partial charge >= 0.3 is 0 Å². The monoisotopic (exact) mass is 363 g/mol. The van der Waals surface area contributed by atoms with Crippen molar-refractivity contribution < 1.29 is 19.4 Å². The van der Waals surface area contributed by atoms with Crippen LogP contribution in [0.3, 0.4) is 0 Å². The molecule has 26 heavy (non-hydrogen) atoms. The summed E-state index contributed by atoms with van der Waals surface area (Å²) in [6.07, 6.45) is -0.0555. The standard InChI is InChI=1S/C21H33NO4/c1-8-19(24)22-12-16(21(6,13-22)14(2)23)15-9-10-17(25-7)18(11-15)26-20(3,4)5/h9-11,14,16,23H,8,12-13H2,1-7H3/t14-,16+,21+/m1/s1. The number of benzene rings is 1. The normalized spacial score (nSPS) is 24.5. The number of ether oxygens (including phenoxy) is 2. The van der Waals surface area contributed by atoms with Gasteiger partial charge in [0, 0.05) is 30.8 Å². The second kappa shape index (κ2) is 7.47. The molecular weight excluding hydrogens is 330 g/mol. The Bertz CT molecular complexity index is 650. The van der Waals surface area contributed by atoms with E-state index in [2.05, 4.69) is 6.92 Å². The average Bonchev–Trinajstić information content (AvgIpc) is 2.92. The fraction of sp³-hybridized carbons (Fsp3) is 0.667. The lowest BCUT2D eigenvalue weighted by molar-refractivity contribution is -0.130. The quantitative estimate of drug-likeness (QED) is 0.868. The van der Waals surface area contributed by atoms with Gasteiger partial charge in [-0.25, -0.2) is 0 Å². The van der Waals surface area contributed by atoms with Crippen molar-refractivity contribution >= 4 is 5.91 Å². The van der Waals surface area contributed by atoms with Gasteiger partial charge in [0.2, 0.25) is 5.91 Å². The van der Waals surface area contributed by atoms with Crippen molar-refractivity contribution in [2.45, 2.75) is 65.6 Å². The van der Waals surface area contributed by atoms with Gasteiger partial charge in [-0.3, -0.25) is 4.79 Å². The number of amides is 1. The third kappa shape index (κ3) is 4.14. The molecular formula is C21H33NO4. The number of rotatable bonds is 5. The lowest BCUT2D eigenvalue weighted by Gasteiger charge is -2.34. The maximum absolute atomic E-state index is 12.3. The molecule has 1 fully saturated rings. The van der Waals surface area contributed by atoms with Gasteiger partial charge in [0.1, 0.15) is 5.60 Å². The zero-order chi connectivity index (χ0) is 19.7. The Morgan fingerprint density at radius 3 is 2.54 bits per heavy atom. The molecule has 3 atom stereocenters. The third-order valence-electron chi connectivity index (χ3n) is 5.35. The van der Waals surface area contributed by atoms with Crippen molar-refractivity contribution in [3.05, 3.63) is 23.8 Å². The maximum atomic E-state index is 12.3. The van der Waals surface area contributed by atoms with Crippen molar-refractivity contribution in [1.82, 2.24) is 4.90 Å². The Morgan fingerprint density at radius 2 is 2.04 bits per heavy atom. The minimum atomic E-state index is -0.531. The highest BCUT2D eigenvalue weighted by atomic mass is 16.5. The molecule has 0 bridgehead atoms. The van der Waals surface area contributed by atoms with Crippen molar-refractivity contribution in [2.75, 3.05) is 20.2 Å². The van der Waals surface area contributed by atoms with Crippen LogP contribution in [-0.2, 0) is 4.79 Å². The fourth-order valence-corrected chi connectivity index (χ4v) is 3.66. The van der Waals surface area contributed by atoms with Crippen LogP contribution in [-0.4, -0.2) is 47.8 Å². The van der Waals surface area contributed by atoms with E-state index in [1.54, 1.807) is 7.11 Å². The molecule has 146 valence electrons. The largest absolute Gasteiger partial charge is 0.493 e. The minimum absolute atomic E-state index is 0.0335. The van der Waals surface area contributed by atoms with E-state index in [0.717, 1.165) is 5.56 Å². The van der Waals surface area contributed by atoms with Crippen LogP contribution in [0.25, 0.3) is 0 Å². The fourth-order valence-electron chi connectivity index (χ4n) is 3.66. The van der Waals surface area contributed by atoms with Gasteiger partial charge in [-0.1, -0.05) is 19.9 Å². The first kappa shape index (κ1) is 20.6. The van der Waals surface area contributed by atoms with Gasteiger partial charge in [-0.2, -0.15) is 0 Å². The summed E-state index contributed by atoms with van der Waals surface area (Å²) in [5, 5.41) is 10.5. The Hall–Kier alpha value is -1.75. The summed E-state index contributed by atoms with van der Waals surface area (Å²) in [5.41, 5.74) is 0.303. The summed E-state index contributed by atoms with van der Waals surface area (Å²) in [5.74, 6) is 1.53. The molecule has 1 aromatic rings. The van der Waals surface area contributed by atoms with Crippen molar-refractivity contribution in [3.63, 3.8) is 0 Å². The highest BCUT2D eigenvalue weighted by Crippen LogP contribution is 2.47. The second-order valence-electron chi connectivity index (χ2n) is 8.49. The van der Waals surface area contributed by atoms with E-state index in [1.165, 1.54) is 0 Å². The first-order chi connectivity index (χ1) is 12.0. The number of nitrogens with zero attached hydrogens (tertiary/aromatic N) is 1. The van der Waals surface area contributed by atoms with E-state index in [4.69, 9.17) is 9.47 Å². The number of hydrogen-bond acceptors (Lipinski definition) is 4. The van der Waals surface area contributed by atoms with Crippen molar-refractivity contribution in [3.8, 4) is 11.5 Å². The molecule has 2 rings (SSSR count). The molecule has 5 heteroatoms. The van der Waals surface area contributed by atoms with E-state index < -0.39 is 11.5 Å². The number of likely N-dealkylation sites (tertiary alicyclic amines) is 1. The van der Waals surface area contributed by atoms with E-state index >= 15 is 0 Å². The number of methoxy groups -OCH3 is 1. The van der Waals surface area contributed by atoms with Gasteiger partial charge in [-0.05, 0) is 45.4 Å². The van der Waals surface area contributed by atoms with Crippen LogP contribution in [0.2, 0.25) is 0 Å². The molecule has 0 radical (unpaired) electrons. The molecule has 0 aliphatic carbocycles. The van der Waals surface area contributed by atoms with E-state index in [9.17, 15) is 9.90 Å². The summed E-state index contributed by atoms with van der Waals surface area (Å²) in [4.78, 5) is 14.1. The number of carbonyl (C=O) groups excluding carboxylic acids is 1. The topological polar surface area (TPSA) is 59.0 Å². The summed E-state index contributed by atoms with van der Waals surface area (Å²) in [6, 6.07) is 5.91. The van der Waals surface area contributed by atoms with Gasteiger partial charge < -0.3 is 19.5 Å². The number of aliphatic hydroxyl groups excluding tert-OH is 1. The molecule has 0 spiro atoms. The van der Waals surface area contributed by atoms with Gasteiger partial charge in [0.05, 0.1) is 13.2 Å². The summed E-state index contributed by atoms with van der Waals surface area (Å²) in [7, 11) is 1.63. The highest BCUT2D eigenvalue weighted by molar-refractivity contribution is 5.76. The van der Waals surface area contributed by atoms with Crippen molar-refractivity contribution in [1.29, 1.82) is 0 Å². The molecule has 1 N–H and O–H groups in total. The van der Waals surface area contributed by atoms with Crippen molar-refractivity contribution in [2.24, 2.45) is 5.41 Å². The van der Waals surface area contributed by atoms with E-state index in [1.807, 2.05) is 57.7 Å². The molecule has 0 saturated carbocycles. The Balaban J connectivity index is 2.44. The smallest absolute Gasteiger partial charge is 0.222 e. The molecule has 0 unspecified atom stereocenters. The van der Waals surface area contributed by atoms with Crippen LogP contribution >= 0.6 is 0 Å². The number of hydrogen-bond donors (Lipinski definition) is 1. The number of aliphatic hydroxyl groups is 1. The minimum Gasteiger partial charge on any atom is -0.493 e. The SMILES string of the molecule is CCC(=O)N1C[C@@H](c2ccc(OC)c(OC(C)(C)C)c2)[C@](C)([C@@H](C)O)C1. The summed E-state index contributed by atoms with van der Waals surface area (Å²) >= 11 is 0. The molecule has 1 aliphatic rings. The summed E-state index contributed by atoms with van der Waals surface area (Å²) < 4.78 is 11.5. The molecule has 1 aromatic carbocycles. The van der Waals surface area contributed by atoms with Gasteiger partial charge in [0.15, 0.2) is 11.5 Å². The number of carbonyl (C=O) groups is 1. The molecule has 0 aromatic heterocycles. The van der Waals surface area contributed by atoms with Gasteiger partial charge in [-0.15, -0.1) is 0 Å². The molecule has 1 heterocycles. The lowest BCUT2D eigenvalue weighted by atomic mass is 9.72. The Kier molecular flexibility index (Phi) is 5.91. The molecule has 5 nitrogen and oxygen atoms in total. The van der Waals surface area contributed by atoms with Crippen LogP contribution in [0.5, 0.6) is 11.5 Å². The van der Waals surface area contributed by atoms with E-state index in [-0.39, 0.29) is 17.4 Å². The molecule has 1 saturated heterocycles.